The molecule has 7 N–H and O–H groups in total. The summed E-state index contributed by atoms with van der Waals surface area (Å²) in [6.07, 6.45) is 11.1. The molecule has 1 saturated heterocycles. The number of para-hydroxylation sites is 2. The number of aromatic nitrogens is 2. The van der Waals surface area contributed by atoms with Crippen molar-refractivity contribution in [1.29, 1.82) is 0 Å². The standard InChI is InChI=1S/C53H55N7O12S.C49H52N6O10S.CH4/c1-30(20-37(61)11-6-8-14-50(66)72-60-48(64)17-18-49(60)65)51(67)55-31(2)43(62)25-38-23-33-21-34(15-16-46(33)73-38)57-52(68)42-24-35(29-58(42)3)56-47(63)13-9-19-71-45-27-40-39(26-44(45)70-4)53(69)59-36(28-54-40)22-32-10-5-7-12-41(32)59;1-28(18-35(56)11-6-8-14-46(59)60)47(61)51-29(2)41(57)23-36-21-31-19-32(15-16-44(31)66-36)53-48(62)40-22-33(27-54(40)3)52-45(58)13-9-17-65-43-25-38-37(24-42(43)64-4)49(63)55-34(26-50-38)20-30-10-5-7-12-39(30)55;/h5,7,10,12,15-16,21,23-24,26-31,36H,6,8-9,11,13-14,17-20,22,25H2,1-4H3,(H,55,67)(H,56,63)(H,57,68);5,7,10,12,15-16,19,21-22,24-29,34H,6,8-9,11,13-14,17-18,20,23H2,1-4H3,(H,51,61)(H,52,58)(H,53,62)(H,59,60);1H4/t30-,31+,36+;28-,29+,34+;/m11./s1. The minimum absolute atomic E-state index is 0. The molecule has 10 aromatic rings. The number of nitrogens with zero attached hydrogens (tertiary/aromatic N) is 7. The van der Waals surface area contributed by atoms with Crippen LogP contribution >= 0.6 is 22.7 Å². The van der Waals surface area contributed by atoms with Gasteiger partial charge < -0.3 is 69.9 Å². The van der Waals surface area contributed by atoms with Crippen LogP contribution in [0.2, 0.25) is 0 Å². The number of ether oxygens (including phenoxy) is 4. The molecular weight excluding hydrogens is 1840 g/mol. The van der Waals surface area contributed by atoms with Gasteiger partial charge in [0.05, 0.1) is 85.5 Å². The van der Waals surface area contributed by atoms with Gasteiger partial charge in [0.15, 0.2) is 34.6 Å². The summed E-state index contributed by atoms with van der Waals surface area (Å²) in [7, 11) is 6.40. The van der Waals surface area contributed by atoms with Gasteiger partial charge in [0.25, 0.3) is 35.4 Å². The molecule has 35 nitrogen and oxygen atoms in total. The summed E-state index contributed by atoms with van der Waals surface area (Å²) in [6.45, 7) is 6.80. The number of hydroxylamine groups is 2. The third kappa shape index (κ3) is 25.4. The Hall–Kier alpha value is -15.1. The van der Waals surface area contributed by atoms with Gasteiger partial charge in [0, 0.05) is 195 Å². The average molecular weight is 1950 g/mol. The fourth-order valence-corrected chi connectivity index (χ4v) is 19.0. The predicted molar refractivity (Wildman–Crippen MR) is 530 cm³/mol. The van der Waals surface area contributed by atoms with Gasteiger partial charge in [-0.3, -0.25) is 91.7 Å². The highest BCUT2D eigenvalue weighted by atomic mass is 32.1. The lowest BCUT2D eigenvalue weighted by Crippen LogP contribution is -2.42. The Balaban J connectivity index is 0.000000235. The number of aryl methyl sites for hydroxylation is 2. The van der Waals surface area contributed by atoms with E-state index in [9.17, 15) is 76.7 Å². The summed E-state index contributed by atoms with van der Waals surface area (Å²) in [5.74, 6) is -5.74. The second-order valence-electron chi connectivity index (χ2n) is 34.9. The largest absolute Gasteiger partial charge is 0.493 e. The summed E-state index contributed by atoms with van der Waals surface area (Å²) in [5.41, 5.74) is 8.27. The van der Waals surface area contributed by atoms with Gasteiger partial charge in [-0.1, -0.05) is 57.7 Å². The number of carbonyl (C=O) groups is 16. The van der Waals surface area contributed by atoms with E-state index in [2.05, 4.69) is 41.9 Å². The molecule has 10 amide bonds. The number of benzene rings is 6. The molecule has 37 heteroatoms. The fourth-order valence-electron chi connectivity index (χ4n) is 16.9. The number of methoxy groups -OCH3 is 2. The number of thiophene rings is 2. The minimum atomic E-state index is -0.912. The molecule has 0 spiro atoms. The van der Waals surface area contributed by atoms with Crippen LogP contribution in [0.3, 0.4) is 0 Å². The number of carboxylic acids is 1. The van der Waals surface area contributed by atoms with E-state index >= 15 is 0 Å². The number of carboxylic acid groups (broad SMARTS) is 1. The Bertz CT molecular complexity index is 6560. The first-order valence-corrected chi connectivity index (χ1v) is 47.5. The maximum absolute atomic E-state index is 13.7. The zero-order chi connectivity index (χ0) is 99.0. The molecule has 4 aromatic heterocycles. The van der Waals surface area contributed by atoms with Gasteiger partial charge in [0.1, 0.15) is 23.0 Å². The van der Waals surface area contributed by atoms with Crippen LogP contribution in [0.4, 0.5) is 45.5 Å². The second-order valence-corrected chi connectivity index (χ2v) is 37.3. The Labute approximate surface area is 815 Å². The number of hydrogen-bond donors (Lipinski definition) is 7. The zero-order valence-electron chi connectivity index (χ0n) is 78.0. The maximum Gasteiger partial charge on any atom is 0.333 e. The van der Waals surface area contributed by atoms with Crippen molar-refractivity contribution in [2.75, 3.05) is 58.5 Å². The lowest BCUT2D eigenvalue weighted by atomic mass is 9.99. The molecule has 0 unspecified atom stereocenters. The second kappa shape index (κ2) is 46.3. The average Bonchev–Trinajstić information content (AvgIpc) is 1.63. The number of anilines is 6. The van der Waals surface area contributed by atoms with Crippen LogP contribution in [0, 0.1) is 11.8 Å². The van der Waals surface area contributed by atoms with Crippen LogP contribution in [0.15, 0.2) is 156 Å². The van der Waals surface area contributed by atoms with Crippen LogP contribution in [0.25, 0.3) is 20.2 Å². The fraction of sp³-hybridized carbons (Fsp3) is 0.359. The molecule has 732 valence electrons. The van der Waals surface area contributed by atoms with Gasteiger partial charge in [0.2, 0.25) is 23.6 Å². The molecular formula is C103H111N13O22S2. The third-order valence-corrected chi connectivity index (χ3v) is 26.5. The molecule has 6 atom stereocenters. The SMILES string of the molecule is C.COc1cc2c(cc1OCCCC(=O)Nc1cc(C(=O)Nc3ccc4sc(CC(=O)[C@H](C)NC(=O)[C@H](C)CC(=O)CCCCC(=O)O)cc4c3)n(C)c1)N=C[C@@H]1Cc3ccccc3N1C2=O.COc1cc2c(cc1OCCCC(=O)Nc1cc(C(=O)Nc3ccc4sc(CC(=O)[C@H](C)NC(=O)[C@H](C)CC(=O)CCCCC(=O)ON5C(=O)CCC5=O)cc4c3)n(C)c1)N=C[C@@H]1Cc3ccccc3N1C2=O. The first-order chi connectivity index (χ1) is 66.7. The Morgan fingerprint density at radius 2 is 0.886 bits per heavy atom. The number of ketones is 4. The Morgan fingerprint density at radius 1 is 0.471 bits per heavy atom. The highest BCUT2D eigenvalue weighted by molar-refractivity contribution is 7.19. The third-order valence-electron chi connectivity index (χ3n) is 24.3. The van der Waals surface area contributed by atoms with Crippen LogP contribution in [-0.2, 0) is 102 Å². The van der Waals surface area contributed by atoms with Gasteiger partial charge in [-0.25, -0.2) is 4.79 Å². The van der Waals surface area contributed by atoms with E-state index in [-0.39, 0.29) is 162 Å². The smallest absolute Gasteiger partial charge is 0.333 e. The molecule has 15 rings (SSSR count). The lowest BCUT2D eigenvalue weighted by molar-refractivity contribution is -0.197. The Kier molecular flexibility index (Phi) is 33.9. The van der Waals surface area contributed by atoms with Crippen molar-refractivity contribution >= 4 is 195 Å². The van der Waals surface area contributed by atoms with Crippen molar-refractivity contribution in [1.82, 2.24) is 24.8 Å². The highest BCUT2D eigenvalue weighted by Crippen LogP contribution is 2.44. The first kappa shape index (κ1) is 102. The number of hydrogen-bond acceptors (Lipinski definition) is 25. The molecule has 1 fully saturated rings. The first-order valence-electron chi connectivity index (χ1n) is 45.9. The summed E-state index contributed by atoms with van der Waals surface area (Å²) in [5, 5.41) is 27.8. The molecule has 5 aliphatic heterocycles. The van der Waals surface area contributed by atoms with Gasteiger partial charge in [-0.2, -0.15) is 0 Å². The molecule has 0 bridgehead atoms. The molecule has 140 heavy (non-hydrogen) atoms. The number of unbranched alkanes of at least 4 members (excludes halogenated alkanes) is 2. The monoisotopic (exact) mass is 1950 g/mol. The number of amides is 10. The topological polar surface area (TPSA) is 456 Å². The summed E-state index contributed by atoms with van der Waals surface area (Å²) in [4.78, 5) is 222. The van der Waals surface area contributed by atoms with Crippen molar-refractivity contribution in [3.63, 3.8) is 0 Å². The number of aliphatic imine (C=N–C) groups is 2. The van der Waals surface area contributed by atoms with E-state index in [1.807, 2.05) is 78.9 Å². The number of Topliss-reactive ketones (excluding diaryl/α,β-unsaturated/α-hetero) is 4. The predicted octanol–water partition coefficient (Wildman–Crippen LogP) is 15.0. The van der Waals surface area contributed by atoms with Crippen molar-refractivity contribution in [2.24, 2.45) is 35.9 Å². The quantitative estimate of drug-likeness (QED) is 0.0138. The van der Waals surface area contributed by atoms with Crippen LogP contribution in [0.5, 0.6) is 23.0 Å². The number of imide groups is 1. The minimum Gasteiger partial charge on any atom is -0.493 e. The zero-order valence-corrected chi connectivity index (χ0v) is 79.6. The summed E-state index contributed by atoms with van der Waals surface area (Å²) in [6, 6.07) is 38.1. The van der Waals surface area contributed by atoms with Crippen molar-refractivity contribution in [3.05, 3.63) is 189 Å². The normalized spacial score (nSPS) is 15.0. The molecule has 0 aliphatic carbocycles. The van der Waals surface area contributed by atoms with E-state index in [4.69, 9.17) is 28.9 Å². The van der Waals surface area contributed by atoms with Crippen LogP contribution in [-0.4, -0.2) is 177 Å². The summed E-state index contributed by atoms with van der Waals surface area (Å²) >= 11 is 2.85. The molecule has 5 aliphatic rings. The number of fused-ring (bicyclic) bond motifs is 10. The van der Waals surface area contributed by atoms with Crippen molar-refractivity contribution in [2.45, 2.75) is 188 Å². The number of aliphatic carboxylic acids is 1. The molecule has 0 saturated carbocycles. The molecule has 9 heterocycles. The molecule has 6 aromatic carbocycles. The number of rotatable bonds is 43. The van der Waals surface area contributed by atoms with Gasteiger partial charge >= 0.3 is 11.9 Å². The Morgan fingerprint density at radius 3 is 1.31 bits per heavy atom. The van der Waals surface area contributed by atoms with E-state index in [0.29, 0.717) is 136 Å². The van der Waals surface area contributed by atoms with E-state index in [1.165, 1.54) is 36.9 Å². The number of carbonyl (C=O) groups excluding carboxylic acids is 15. The number of nitrogens with one attached hydrogen (secondary N) is 6. The van der Waals surface area contributed by atoms with Crippen molar-refractivity contribution in [3.8, 4) is 23.0 Å². The van der Waals surface area contributed by atoms with E-state index in [0.717, 1.165) is 52.4 Å². The molecule has 0 radical (unpaired) electrons. The lowest BCUT2D eigenvalue weighted by Gasteiger charge is -2.22. The van der Waals surface area contributed by atoms with Crippen molar-refractivity contribution < 1.29 is 106 Å². The van der Waals surface area contributed by atoms with Gasteiger partial charge in [-0.05, 0) is 159 Å². The van der Waals surface area contributed by atoms with Gasteiger partial charge in [-0.15, -0.1) is 27.7 Å². The van der Waals surface area contributed by atoms with E-state index < -0.39 is 65.4 Å². The highest BCUT2D eigenvalue weighted by Gasteiger charge is 2.40. The van der Waals surface area contributed by atoms with Crippen LogP contribution < -0.4 is 60.6 Å². The van der Waals surface area contributed by atoms with Crippen LogP contribution in [0.1, 0.15) is 200 Å². The van der Waals surface area contributed by atoms with E-state index in [1.54, 1.807) is 140 Å². The maximum atomic E-state index is 13.7. The summed E-state index contributed by atoms with van der Waals surface area (Å²) < 4.78 is 28.2.